The van der Waals surface area contributed by atoms with Crippen LogP contribution in [0.25, 0.3) is 0 Å². The average molecular weight is 344 g/mol. The van der Waals surface area contributed by atoms with Gasteiger partial charge in [-0.1, -0.05) is 20.8 Å². The molecule has 2 N–H and O–H groups in total. The van der Waals surface area contributed by atoms with Gasteiger partial charge in [-0.2, -0.15) is 8.78 Å². The number of benzene rings is 1. The molecule has 0 saturated carbocycles. The summed E-state index contributed by atoms with van der Waals surface area (Å²) in [7, 11) is 1.32. The van der Waals surface area contributed by atoms with Crippen LogP contribution in [0.3, 0.4) is 0 Å². The fourth-order valence-corrected chi connectivity index (χ4v) is 1.67. The minimum absolute atomic E-state index is 0.113. The Bertz CT molecular complexity index is 600. The molecule has 1 atom stereocenters. The summed E-state index contributed by atoms with van der Waals surface area (Å²) in [5.41, 5.74) is -0.388. The van der Waals surface area contributed by atoms with Crippen LogP contribution in [-0.4, -0.2) is 31.6 Å². The second-order valence-corrected chi connectivity index (χ2v) is 6.18. The van der Waals surface area contributed by atoms with Gasteiger partial charge in [0.05, 0.1) is 7.11 Å². The van der Waals surface area contributed by atoms with Gasteiger partial charge in [-0.05, 0) is 19.1 Å². The molecule has 0 aromatic heterocycles. The highest BCUT2D eigenvalue weighted by Crippen LogP contribution is 2.31. The molecule has 0 aliphatic heterocycles. The minimum Gasteiger partial charge on any atom is -0.493 e. The van der Waals surface area contributed by atoms with Gasteiger partial charge in [-0.15, -0.1) is 0 Å². The van der Waals surface area contributed by atoms with E-state index in [-0.39, 0.29) is 23.1 Å². The normalized spacial score (nSPS) is 12.5. The van der Waals surface area contributed by atoms with Crippen LogP contribution in [0, 0.1) is 5.41 Å². The lowest BCUT2D eigenvalue weighted by Crippen LogP contribution is -2.46. The Labute approximate surface area is 139 Å². The van der Waals surface area contributed by atoms with Crippen molar-refractivity contribution in [2.24, 2.45) is 5.41 Å². The van der Waals surface area contributed by atoms with Crippen molar-refractivity contribution < 1.29 is 27.8 Å². The summed E-state index contributed by atoms with van der Waals surface area (Å²) in [6.45, 7) is 3.69. The summed E-state index contributed by atoms with van der Waals surface area (Å²) >= 11 is 0. The lowest BCUT2D eigenvalue weighted by molar-refractivity contribution is -0.131. The maximum atomic E-state index is 12.4. The van der Waals surface area contributed by atoms with Crippen LogP contribution < -0.4 is 20.1 Å². The SMILES string of the molecule is COc1ccc(NC(=O)[C@H](C)NC(=O)C(C)(C)C)cc1OC(F)F. The first kappa shape index (κ1) is 19.7. The number of hydrogen-bond acceptors (Lipinski definition) is 4. The number of carbonyl (C=O) groups excluding carboxylic acids is 2. The van der Waals surface area contributed by atoms with Crippen molar-refractivity contribution in [2.45, 2.75) is 40.3 Å². The molecular weight excluding hydrogens is 322 g/mol. The summed E-state index contributed by atoms with van der Waals surface area (Å²) in [6.07, 6.45) is 0. The van der Waals surface area contributed by atoms with Gasteiger partial charge in [0.1, 0.15) is 6.04 Å². The summed E-state index contributed by atoms with van der Waals surface area (Å²) < 4.78 is 34.1. The van der Waals surface area contributed by atoms with Gasteiger partial charge in [0.15, 0.2) is 11.5 Å². The topological polar surface area (TPSA) is 76.7 Å². The smallest absolute Gasteiger partial charge is 0.387 e. The Kier molecular flexibility index (Phi) is 6.51. The van der Waals surface area contributed by atoms with Crippen LogP contribution in [0.4, 0.5) is 14.5 Å². The van der Waals surface area contributed by atoms with Crippen molar-refractivity contribution >= 4 is 17.5 Å². The Morgan fingerprint density at radius 1 is 1.17 bits per heavy atom. The lowest BCUT2D eigenvalue weighted by Gasteiger charge is -2.21. The molecule has 0 fully saturated rings. The number of hydrogen-bond donors (Lipinski definition) is 2. The molecule has 0 aliphatic carbocycles. The van der Waals surface area contributed by atoms with Crippen molar-refractivity contribution in [3.8, 4) is 11.5 Å². The first-order valence-electron chi connectivity index (χ1n) is 7.29. The van der Waals surface area contributed by atoms with Gasteiger partial charge >= 0.3 is 6.61 Å². The third kappa shape index (κ3) is 5.68. The Morgan fingerprint density at radius 3 is 2.29 bits per heavy atom. The molecule has 0 unspecified atom stereocenters. The van der Waals surface area contributed by atoms with E-state index in [1.54, 1.807) is 20.8 Å². The number of alkyl halides is 2. The third-order valence-electron chi connectivity index (χ3n) is 3.07. The van der Waals surface area contributed by atoms with E-state index in [2.05, 4.69) is 15.4 Å². The molecular formula is C16H22F2N2O4. The number of methoxy groups -OCH3 is 1. The van der Waals surface area contributed by atoms with Gasteiger partial charge in [-0.3, -0.25) is 9.59 Å². The van der Waals surface area contributed by atoms with E-state index in [4.69, 9.17) is 4.74 Å². The zero-order valence-corrected chi connectivity index (χ0v) is 14.3. The summed E-state index contributed by atoms with van der Waals surface area (Å²) in [5, 5.41) is 5.11. The Balaban J connectivity index is 2.81. The lowest BCUT2D eigenvalue weighted by atomic mass is 9.95. The highest BCUT2D eigenvalue weighted by Gasteiger charge is 2.25. The molecule has 2 amide bonds. The van der Waals surface area contributed by atoms with E-state index in [0.717, 1.165) is 0 Å². The highest BCUT2D eigenvalue weighted by molar-refractivity contribution is 5.97. The van der Waals surface area contributed by atoms with Crippen molar-refractivity contribution in [1.29, 1.82) is 0 Å². The minimum atomic E-state index is -3.02. The number of rotatable bonds is 6. The van der Waals surface area contributed by atoms with E-state index in [1.165, 1.54) is 32.2 Å². The molecule has 0 heterocycles. The molecule has 0 aliphatic rings. The van der Waals surface area contributed by atoms with Crippen LogP contribution in [0.5, 0.6) is 11.5 Å². The Hall–Kier alpha value is -2.38. The second-order valence-electron chi connectivity index (χ2n) is 6.18. The van der Waals surface area contributed by atoms with E-state index in [9.17, 15) is 18.4 Å². The maximum Gasteiger partial charge on any atom is 0.387 e. The Morgan fingerprint density at radius 2 is 1.79 bits per heavy atom. The molecule has 8 heteroatoms. The first-order valence-corrected chi connectivity index (χ1v) is 7.29. The van der Waals surface area contributed by atoms with Crippen molar-refractivity contribution in [1.82, 2.24) is 5.32 Å². The largest absolute Gasteiger partial charge is 0.493 e. The van der Waals surface area contributed by atoms with E-state index >= 15 is 0 Å². The fourth-order valence-electron chi connectivity index (χ4n) is 1.67. The molecule has 1 aromatic carbocycles. The van der Waals surface area contributed by atoms with Crippen LogP contribution >= 0.6 is 0 Å². The number of ether oxygens (including phenoxy) is 2. The summed E-state index contributed by atoms with van der Waals surface area (Å²) in [6, 6.07) is 3.30. The molecule has 1 aromatic rings. The van der Waals surface area contributed by atoms with Crippen molar-refractivity contribution in [3.05, 3.63) is 18.2 Å². The summed E-state index contributed by atoms with van der Waals surface area (Å²) in [5.74, 6) is -0.846. The van der Waals surface area contributed by atoms with Crippen molar-refractivity contribution in [3.63, 3.8) is 0 Å². The number of amides is 2. The van der Waals surface area contributed by atoms with Crippen LogP contribution in [0.1, 0.15) is 27.7 Å². The molecule has 24 heavy (non-hydrogen) atoms. The molecule has 6 nitrogen and oxygen atoms in total. The fraction of sp³-hybridized carbons (Fsp3) is 0.500. The number of nitrogens with one attached hydrogen (secondary N) is 2. The first-order chi connectivity index (χ1) is 11.0. The molecule has 0 radical (unpaired) electrons. The number of carbonyl (C=O) groups is 2. The second kappa shape index (κ2) is 7.94. The maximum absolute atomic E-state index is 12.4. The van der Waals surface area contributed by atoms with Crippen LogP contribution in [0.15, 0.2) is 18.2 Å². The molecule has 0 saturated heterocycles. The zero-order valence-electron chi connectivity index (χ0n) is 14.3. The molecule has 0 spiro atoms. The van der Waals surface area contributed by atoms with E-state index in [1.807, 2.05) is 0 Å². The van der Waals surface area contributed by atoms with Gasteiger partial charge in [-0.25, -0.2) is 0 Å². The quantitative estimate of drug-likeness (QED) is 0.832. The molecule has 0 bridgehead atoms. The van der Waals surface area contributed by atoms with Crippen LogP contribution in [0.2, 0.25) is 0 Å². The van der Waals surface area contributed by atoms with Gasteiger partial charge in [0, 0.05) is 17.2 Å². The molecule has 1 rings (SSSR count). The van der Waals surface area contributed by atoms with Gasteiger partial charge in [0.2, 0.25) is 11.8 Å². The monoisotopic (exact) mass is 344 g/mol. The van der Waals surface area contributed by atoms with Crippen LogP contribution in [-0.2, 0) is 9.59 Å². The number of halogens is 2. The van der Waals surface area contributed by atoms with E-state index < -0.39 is 24.0 Å². The van der Waals surface area contributed by atoms with E-state index in [0.29, 0.717) is 0 Å². The third-order valence-corrected chi connectivity index (χ3v) is 3.07. The average Bonchev–Trinajstić information content (AvgIpc) is 2.45. The summed E-state index contributed by atoms with van der Waals surface area (Å²) in [4.78, 5) is 24.0. The van der Waals surface area contributed by atoms with Gasteiger partial charge < -0.3 is 20.1 Å². The number of anilines is 1. The predicted molar refractivity (Wildman–Crippen MR) is 85.3 cm³/mol. The van der Waals surface area contributed by atoms with Gasteiger partial charge in [0.25, 0.3) is 0 Å². The predicted octanol–water partition coefficient (Wildman–Crippen LogP) is 2.79. The molecule has 134 valence electrons. The van der Waals surface area contributed by atoms with Crippen molar-refractivity contribution in [2.75, 3.05) is 12.4 Å². The standard InChI is InChI=1S/C16H22F2N2O4/c1-9(19-14(22)16(2,3)4)13(21)20-10-6-7-11(23-5)12(8-10)24-15(17)18/h6-9,15H,1-5H3,(H,19,22)(H,20,21)/t9-/m0/s1. The zero-order chi connectivity index (χ0) is 18.5. The highest BCUT2D eigenvalue weighted by atomic mass is 19.3.